The van der Waals surface area contributed by atoms with Gasteiger partial charge in [0.15, 0.2) is 5.75 Å². The molecule has 0 aliphatic heterocycles. The smallest absolute Gasteiger partial charge is 0.227 e. The van der Waals surface area contributed by atoms with E-state index in [1.165, 1.54) is 0 Å². The van der Waals surface area contributed by atoms with Crippen molar-refractivity contribution in [2.24, 2.45) is 17.8 Å². The number of ether oxygens (including phenoxy) is 1. The number of Topliss-reactive ketones (excluding diaryl/α,β-unsaturated/α-hetero) is 1. The van der Waals surface area contributed by atoms with Gasteiger partial charge in [-0.2, -0.15) is 0 Å². The maximum absolute atomic E-state index is 12.8. The average Bonchev–Trinajstić information content (AvgIpc) is 2.64. The molecule has 0 heterocycles. The van der Waals surface area contributed by atoms with Crippen LogP contribution in [0, 0.1) is 17.8 Å². The highest BCUT2D eigenvalue weighted by atomic mass is 16.5. The Bertz CT molecular complexity index is 786. The van der Waals surface area contributed by atoms with Crippen LogP contribution in [0.5, 0.6) is 11.5 Å². The SMILES string of the molecule is O=C(Nc1ccccc1Oc1ccccc1)C1C[C@H]2CCC[C@@H](C1)C2=O. The van der Waals surface area contributed by atoms with Crippen LogP contribution in [-0.2, 0) is 9.59 Å². The zero-order valence-electron chi connectivity index (χ0n) is 14.7. The predicted molar refractivity (Wildman–Crippen MR) is 100 cm³/mol. The van der Waals surface area contributed by atoms with Crippen LogP contribution in [0.15, 0.2) is 54.6 Å². The number of anilines is 1. The van der Waals surface area contributed by atoms with Crippen molar-refractivity contribution >= 4 is 17.4 Å². The van der Waals surface area contributed by atoms with E-state index in [-0.39, 0.29) is 23.7 Å². The Morgan fingerprint density at radius 3 is 2.31 bits per heavy atom. The van der Waals surface area contributed by atoms with Crippen molar-refractivity contribution in [3.05, 3.63) is 54.6 Å². The zero-order chi connectivity index (χ0) is 17.9. The van der Waals surface area contributed by atoms with Gasteiger partial charge in [-0.15, -0.1) is 0 Å². The number of rotatable bonds is 4. The summed E-state index contributed by atoms with van der Waals surface area (Å²) in [7, 11) is 0. The van der Waals surface area contributed by atoms with Crippen molar-refractivity contribution in [2.45, 2.75) is 32.1 Å². The van der Waals surface area contributed by atoms with Gasteiger partial charge in [0.25, 0.3) is 0 Å². The monoisotopic (exact) mass is 349 g/mol. The molecule has 0 aromatic heterocycles. The molecule has 1 unspecified atom stereocenters. The Labute approximate surface area is 153 Å². The molecule has 2 aliphatic carbocycles. The van der Waals surface area contributed by atoms with E-state index >= 15 is 0 Å². The number of para-hydroxylation sites is 3. The first-order valence-electron chi connectivity index (χ1n) is 9.37. The van der Waals surface area contributed by atoms with Gasteiger partial charge in [0.2, 0.25) is 5.91 Å². The van der Waals surface area contributed by atoms with E-state index in [2.05, 4.69) is 5.32 Å². The van der Waals surface area contributed by atoms with Gasteiger partial charge in [-0.05, 0) is 49.9 Å². The molecule has 1 N–H and O–H groups in total. The number of carbonyl (C=O) groups excluding carboxylic acids is 2. The highest BCUT2D eigenvalue weighted by Gasteiger charge is 2.41. The molecular weight excluding hydrogens is 326 g/mol. The lowest BCUT2D eigenvalue weighted by Crippen LogP contribution is -2.40. The number of carbonyl (C=O) groups is 2. The van der Waals surface area contributed by atoms with Crippen molar-refractivity contribution in [1.82, 2.24) is 0 Å². The molecule has 2 aromatic carbocycles. The second-order valence-corrected chi connectivity index (χ2v) is 7.30. The fourth-order valence-corrected chi connectivity index (χ4v) is 4.20. The summed E-state index contributed by atoms with van der Waals surface area (Å²) in [6.07, 6.45) is 4.36. The second-order valence-electron chi connectivity index (χ2n) is 7.30. The fraction of sp³-hybridized carbons (Fsp3) is 0.364. The molecule has 2 aliphatic rings. The van der Waals surface area contributed by atoms with Crippen molar-refractivity contribution < 1.29 is 14.3 Å². The molecule has 0 radical (unpaired) electrons. The minimum Gasteiger partial charge on any atom is -0.455 e. The van der Waals surface area contributed by atoms with E-state index in [9.17, 15) is 9.59 Å². The first kappa shape index (κ1) is 16.8. The Kier molecular flexibility index (Phi) is 4.74. The lowest BCUT2D eigenvalue weighted by molar-refractivity contribution is -0.136. The van der Waals surface area contributed by atoms with E-state index in [0.717, 1.165) is 25.0 Å². The molecule has 3 atom stereocenters. The summed E-state index contributed by atoms with van der Waals surface area (Å²) in [5, 5.41) is 3.03. The van der Waals surface area contributed by atoms with Crippen LogP contribution in [0.4, 0.5) is 5.69 Å². The van der Waals surface area contributed by atoms with Gasteiger partial charge in [0.05, 0.1) is 5.69 Å². The summed E-state index contributed by atoms with van der Waals surface area (Å²) >= 11 is 0. The van der Waals surface area contributed by atoms with Gasteiger partial charge < -0.3 is 10.1 Å². The molecule has 4 heteroatoms. The normalized spacial score (nSPS) is 24.8. The van der Waals surface area contributed by atoms with Crippen LogP contribution < -0.4 is 10.1 Å². The topological polar surface area (TPSA) is 55.4 Å². The molecule has 0 spiro atoms. The number of fused-ring (bicyclic) bond motifs is 2. The van der Waals surface area contributed by atoms with E-state index in [1.807, 2.05) is 54.6 Å². The third kappa shape index (κ3) is 3.50. The van der Waals surface area contributed by atoms with Gasteiger partial charge >= 0.3 is 0 Å². The van der Waals surface area contributed by atoms with Gasteiger partial charge in [-0.25, -0.2) is 0 Å². The quantitative estimate of drug-likeness (QED) is 0.861. The summed E-state index contributed by atoms with van der Waals surface area (Å²) < 4.78 is 5.92. The number of hydrogen-bond acceptors (Lipinski definition) is 3. The molecule has 4 nitrogen and oxygen atoms in total. The van der Waals surface area contributed by atoms with Crippen LogP contribution in [0.3, 0.4) is 0 Å². The molecule has 134 valence electrons. The Morgan fingerprint density at radius 1 is 0.923 bits per heavy atom. The van der Waals surface area contributed by atoms with E-state index < -0.39 is 0 Å². The van der Waals surface area contributed by atoms with Crippen molar-refractivity contribution in [3.63, 3.8) is 0 Å². The molecule has 2 bridgehead atoms. The summed E-state index contributed by atoms with van der Waals surface area (Å²) in [6.45, 7) is 0. The van der Waals surface area contributed by atoms with Gasteiger partial charge in [0.1, 0.15) is 11.5 Å². The van der Waals surface area contributed by atoms with Gasteiger partial charge in [-0.3, -0.25) is 9.59 Å². The molecule has 2 saturated carbocycles. The summed E-state index contributed by atoms with van der Waals surface area (Å²) in [5.41, 5.74) is 0.670. The zero-order valence-corrected chi connectivity index (χ0v) is 14.7. The van der Waals surface area contributed by atoms with E-state index in [0.29, 0.717) is 30.1 Å². The van der Waals surface area contributed by atoms with Crippen LogP contribution >= 0.6 is 0 Å². The maximum Gasteiger partial charge on any atom is 0.227 e. The van der Waals surface area contributed by atoms with Crippen LogP contribution in [0.2, 0.25) is 0 Å². The van der Waals surface area contributed by atoms with Crippen molar-refractivity contribution in [2.75, 3.05) is 5.32 Å². The van der Waals surface area contributed by atoms with E-state index in [4.69, 9.17) is 4.74 Å². The average molecular weight is 349 g/mol. The highest BCUT2D eigenvalue weighted by molar-refractivity contribution is 5.96. The van der Waals surface area contributed by atoms with Crippen LogP contribution in [0.25, 0.3) is 0 Å². The van der Waals surface area contributed by atoms with Crippen molar-refractivity contribution in [1.29, 1.82) is 0 Å². The molecule has 0 saturated heterocycles. The summed E-state index contributed by atoms with van der Waals surface area (Å²) in [5.74, 6) is 1.80. The molecular formula is C22H23NO3. The van der Waals surface area contributed by atoms with Gasteiger partial charge in [0, 0.05) is 17.8 Å². The van der Waals surface area contributed by atoms with Crippen LogP contribution in [-0.4, -0.2) is 11.7 Å². The summed E-state index contributed by atoms with van der Waals surface area (Å²) in [4.78, 5) is 25.1. The number of benzene rings is 2. The number of hydrogen-bond donors (Lipinski definition) is 1. The summed E-state index contributed by atoms with van der Waals surface area (Å²) in [6, 6.07) is 17.0. The Hall–Kier alpha value is -2.62. The largest absolute Gasteiger partial charge is 0.455 e. The lowest BCUT2D eigenvalue weighted by atomic mass is 9.67. The van der Waals surface area contributed by atoms with Crippen molar-refractivity contribution in [3.8, 4) is 11.5 Å². The minimum absolute atomic E-state index is 0.00138. The fourth-order valence-electron chi connectivity index (χ4n) is 4.20. The highest BCUT2D eigenvalue weighted by Crippen LogP contribution is 2.40. The molecule has 26 heavy (non-hydrogen) atoms. The number of ketones is 1. The van der Waals surface area contributed by atoms with Crippen LogP contribution in [0.1, 0.15) is 32.1 Å². The molecule has 2 fully saturated rings. The maximum atomic E-state index is 12.8. The second kappa shape index (κ2) is 7.32. The van der Waals surface area contributed by atoms with Gasteiger partial charge in [-0.1, -0.05) is 36.8 Å². The molecule has 2 aromatic rings. The minimum atomic E-state index is -0.0900. The lowest BCUT2D eigenvalue weighted by Gasteiger charge is -2.37. The standard InChI is InChI=1S/C22H23NO3/c24-21-15-7-6-8-16(21)14-17(13-15)22(25)23-19-11-4-5-12-20(19)26-18-9-2-1-3-10-18/h1-5,9-12,15-17H,6-8,13-14H2,(H,23,25)/t15-,16+,17?. The van der Waals surface area contributed by atoms with E-state index in [1.54, 1.807) is 0 Å². The Balaban J connectivity index is 1.47. The third-order valence-corrected chi connectivity index (χ3v) is 5.53. The number of nitrogens with one attached hydrogen (secondary N) is 1. The first-order chi connectivity index (χ1) is 12.7. The number of amides is 1. The molecule has 4 rings (SSSR count). The molecule has 1 amide bonds. The predicted octanol–water partition coefficient (Wildman–Crippen LogP) is 4.81. The Morgan fingerprint density at radius 2 is 1.58 bits per heavy atom. The first-order valence-corrected chi connectivity index (χ1v) is 9.37. The third-order valence-electron chi connectivity index (χ3n) is 5.53.